The van der Waals surface area contributed by atoms with Crippen LogP contribution in [0.2, 0.25) is 0 Å². The van der Waals surface area contributed by atoms with Gasteiger partial charge in [0.15, 0.2) is 0 Å². The van der Waals surface area contributed by atoms with Crippen molar-refractivity contribution in [2.24, 2.45) is 0 Å². The maximum atomic E-state index is 5.28. The van der Waals surface area contributed by atoms with Crippen molar-refractivity contribution in [3.05, 3.63) is 77.1 Å². The molecule has 1 aliphatic rings. The number of aryl methyl sites for hydroxylation is 1. The summed E-state index contributed by atoms with van der Waals surface area (Å²) in [5.74, 6) is 0.879. The number of ether oxygens (including phenoxy) is 1. The van der Waals surface area contributed by atoms with Crippen molar-refractivity contribution in [2.45, 2.75) is 26.7 Å². The third kappa shape index (κ3) is 3.03. The van der Waals surface area contributed by atoms with Gasteiger partial charge in [0.25, 0.3) is 0 Å². The maximum absolute atomic E-state index is 5.28. The molecule has 2 nitrogen and oxygen atoms in total. The molecule has 2 aromatic carbocycles. The van der Waals surface area contributed by atoms with Gasteiger partial charge in [-0.2, -0.15) is 0 Å². The van der Waals surface area contributed by atoms with Crippen LogP contribution in [-0.4, -0.2) is 12.1 Å². The van der Waals surface area contributed by atoms with Gasteiger partial charge in [0.05, 0.1) is 12.8 Å². The van der Waals surface area contributed by atoms with E-state index in [9.17, 15) is 0 Å². The SMILES string of the molecule is CCC1=Cc2ccc(-c3ccc(OC)cc3)cc2-c2cc(C)cnc2C1. The molecule has 0 N–H and O–H groups in total. The minimum absolute atomic E-state index is 0.879. The number of nitrogens with zero attached hydrogens (tertiary/aromatic N) is 1. The molecule has 130 valence electrons. The summed E-state index contributed by atoms with van der Waals surface area (Å²) in [6.07, 6.45) is 6.29. The first-order valence-corrected chi connectivity index (χ1v) is 9.11. The van der Waals surface area contributed by atoms with Gasteiger partial charge >= 0.3 is 0 Å². The van der Waals surface area contributed by atoms with E-state index < -0.39 is 0 Å². The molecule has 0 saturated heterocycles. The summed E-state index contributed by atoms with van der Waals surface area (Å²) < 4.78 is 5.28. The maximum Gasteiger partial charge on any atom is 0.118 e. The van der Waals surface area contributed by atoms with Crippen molar-refractivity contribution in [3.63, 3.8) is 0 Å². The number of rotatable bonds is 3. The number of pyridine rings is 1. The van der Waals surface area contributed by atoms with Crippen molar-refractivity contribution in [2.75, 3.05) is 7.11 Å². The normalized spacial score (nSPS) is 12.7. The van der Waals surface area contributed by atoms with E-state index in [1.165, 1.54) is 44.6 Å². The molecule has 4 rings (SSSR count). The van der Waals surface area contributed by atoms with Crippen LogP contribution in [0.3, 0.4) is 0 Å². The molecule has 1 aromatic heterocycles. The molecule has 3 aromatic rings. The first-order chi connectivity index (χ1) is 12.7. The highest BCUT2D eigenvalue weighted by molar-refractivity contribution is 5.84. The molecule has 0 spiro atoms. The van der Waals surface area contributed by atoms with Gasteiger partial charge in [0.2, 0.25) is 0 Å². The molecule has 1 heterocycles. The summed E-state index contributed by atoms with van der Waals surface area (Å²) in [5.41, 5.74) is 10.0. The van der Waals surface area contributed by atoms with Crippen LogP contribution in [0.1, 0.15) is 30.2 Å². The second-order valence-corrected chi connectivity index (χ2v) is 6.87. The average Bonchev–Trinajstić information content (AvgIpc) is 2.84. The second kappa shape index (κ2) is 6.80. The number of hydrogen-bond acceptors (Lipinski definition) is 2. The zero-order valence-corrected chi connectivity index (χ0v) is 15.5. The van der Waals surface area contributed by atoms with Crippen LogP contribution in [-0.2, 0) is 6.42 Å². The van der Waals surface area contributed by atoms with Gasteiger partial charge in [0.1, 0.15) is 5.75 Å². The lowest BCUT2D eigenvalue weighted by atomic mass is 9.94. The van der Waals surface area contributed by atoms with E-state index in [0.29, 0.717) is 0 Å². The molecule has 0 saturated carbocycles. The molecular weight excluding hydrogens is 318 g/mol. The number of hydrogen-bond donors (Lipinski definition) is 0. The van der Waals surface area contributed by atoms with Crippen LogP contribution in [0, 0.1) is 6.92 Å². The van der Waals surface area contributed by atoms with Crippen molar-refractivity contribution >= 4 is 6.08 Å². The predicted octanol–water partition coefficient (Wildman–Crippen LogP) is 6.08. The second-order valence-electron chi connectivity index (χ2n) is 6.87. The van der Waals surface area contributed by atoms with Gasteiger partial charge in [-0.05, 0) is 65.4 Å². The van der Waals surface area contributed by atoms with Crippen molar-refractivity contribution < 1.29 is 4.74 Å². The summed E-state index contributed by atoms with van der Waals surface area (Å²) in [6.45, 7) is 4.33. The van der Waals surface area contributed by atoms with Gasteiger partial charge in [-0.15, -0.1) is 0 Å². The Labute approximate surface area is 155 Å². The van der Waals surface area contributed by atoms with E-state index in [2.05, 4.69) is 56.3 Å². The smallest absolute Gasteiger partial charge is 0.118 e. The van der Waals surface area contributed by atoms with Gasteiger partial charge in [0, 0.05) is 18.2 Å². The van der Waals surface area contributed by atoms with Crippen LogP contribution < -0.4 is 4.74 Å². The fourth-order valence-corrected chi connectivity index (χ4v) is 3.56. The first-order valence-electron chi connectivity index (χ1n) is 9.11. The third-order valence-electron chi connectivity index (χ3n) is 5.08. The molecular formula is C24H23NO. The Kier molecular flexibility index (Phi) is 4.34. The van der Waals surface area contributed by atoms with Gasteiger partial charge < -0.3 is 4.74 Å². The Morgan fingerprint density at radius 3 is 2.46 bits per heavy atom. The van der Waals surface area contributed by atoms with Crippen LogP contribution in [0.25, 0.3) is 28.3 Å². The highest BCUT2D eigenvalue weighted by Crippen LogP contribution is 2.37. The summed E-state index contributed by atoms with van der Waals surface area (Å²) in [5, 5.41) is 0. The standard InChI is InChI=1S/C24H23NO/c1-4-17-12-20-6-5-19(18-7-9-21(26-3)10-8-18)14-22(20)23-11-16(2)15-25-24(23)13-17/h5-12,14-15H,4,13H2,1-3H3. The summed E-state index contributed by atoms with van der Waals surface area (Å²) in [7, 11) is 1.70. The van der Waals surface area contributed by atoms with Crippen molar-refractivity contribution in [3.8, 4) is 28.0 Å². The Bertz CT molecular complexity index is 984. The zero-order valence-electron chi connectivity index (χ0n) is 15.5. The largest absolute Gasteiger partial charge is 0.497 e. The number of benzene rings is 2. The van der Waals surface area contributed by atoms with Crippen LogP contribution >= 0.6 is 0 Å². The Morgan fingerprint density at radius 1 is 0.962 bits per heavy atom. The van der Waals surface area contributed by atoms with Crippen LogP contribution in [0.4, 0.5) is 0 Å². The van der Waals surface area contributed by atoms with Crippen molar-refractivity contribution in [1.29, 1.82) is 0 Å². The van der Waals surface area contributed by atoms with E-state index >= 15 is 0 Å². The lowest BCUT2D eigenvalue weighted by molar-refractivity contribution is 0.415. The van der Waals surface area contributed by atoms with E-state index in [-0.39, 0.29) is 0 Å². The van der Waals surface area contributed by atoms with E-state index in [1.54, 1.807) is 7.11 Å². The molecule has 0 bridgehead atoms. The molecule has 2 heteroatoms. The van der Waals surface area contributed by atoms with Crippen LogP contribution in [0.5, 0.6) is 5.75 Å². The highest BCUT2D eigenvalue weighted by Gasteiger charge is 2.17. The zero-order chi connectivity index (χ0) is 18.1. The van der Waals surface area contributed by atoms with E-state index in [4.69, 9.17) is 9.72 Å². The fraction of sp³-hybridized carbons (Fsp3) is 0.208. The minimum atomic E-state index is 0.879. The fourth-order valence-electron chi connectivity index (χ4n) is 3.56. The first kappa shape index (κ1) is 16.6. The molecule has 26 heavy (non-hydrogen) atoms. The summed E-state index contributed by atoms with van der Waals surface area (Å²) in [6, 6.07) is 17.3. The number of allylic oxidation sites excluding steroid dienone is 1. The molecule has 0 radical (unpaired) electrons. The average molecular weight is 341 g/mol. The molecule has 0 aliphatic heterocycles. The monoisotopic (exact) mass is 341 g/mol. The molecule has 0 unspecified atom stereocenters. The minimum Gasteiger partial charge on any atom is -0.497 e. The number of methoxy groups -OCH3 is 1. The summed E-state index contributed by atoms with van der Waals surface area (Å²) >= 11 is 0. The molecule has 0 fully saturated rings. The predicted molar refractivity (Wildman–Crippen MR) is 108 cm³/mol. The third-order valence-corrected chi connectivity index (χ3v) is 5.08. The highest BCUT2D eigenvalue weighted by atomic mass is 16.5. The van der Waals surface area contributed by atoms with Gasteiger partial charge in [-0.3, -0.25) is 4.98 Å². The summed E-state index contributed by atoms with van der Waals surface area (Å²) in [4.78, 5) is 4.74. The van der Waals surface area contributed by atoms with Crippen LogP contribution in [0.15, 0.2) is 60.3 Å². The quantitative estimate of drug-likeness (QED) is 0.576. The van der Waals surface area contributed by atoms with E-state index in [0.717, 1.165) is 18.6 Å². The molecule has 0 atom stereocenters. The number of aromatic nitrogens is 1. The van der Waals surface area contributed by atoms with Gasteiger partial charge in [-0.1, -0.05) is 42.8 Å². The lowest BCUT2D eigenvalue weighted by Crippen LogP contribution is -1.96. The Hall–Kier alpha value is -2.87. The Morgan fingerprint density at radius 2 is 1.73 bits per heavy atom. The Balaban J connectivity index is 1.89. The van der Waals surface area contributed by atoms with Gasteiger partial charge in [-0.25, -0.2) is 0 Å². The van der Waals surface area contributed by atoms with E-state index in [1.807, 2.05) is 18.3 Å². The molecule has 0 amide bonds. The lowest BCUT2D eigenvalue weighted by Gasteiger charge is -2.12. The topological polar surface area (TPSA) is 22.1 Å². The molecule has 1 aliphatic carbocycles. The number of fused-ring (bicyclic) bond motifs is 3. The van der Waals surface area contributed by atoms with Crippen molar-refractivity contribution in [1.82, 2.24) is 4.98 Å².